The van der Waals surface area contributed by atoms with Gasteiger partial charge in [0.15, 0.2) is 5.82 Å². The van der Waals surface area contributed by atoms with Crippen molar-refractivity contribution < 1.29 is 13.9 Å². The molecule has 1 N–H and O–H groups in total. The highest BCUT2D eigenvalue weighted by atomic mass is 35.5. The molecule has 11 heteroatoms. The molecule has 6 rings (SSSR count). The van der Waals surface area contributed by atoms with E-state index in [0.717, 1.165) is 29.3 Å². The molecule has 2 aliphatic rings. The van der Waals surface area contributed by atoms with E-state index in [9.17, 15) is 4.79 Å². The molecule has 1 aliphatic heterocycles. The van der Waals surface area contributed by atoms with E-state index in [1.54, 1.807) is 17.2 Å². The molecule has 1 amide bonds. The molecule has 220 valence electrons. The molecule has 2 atom stereocenters. The smallest absolute Gasteiger partial charge is 0.319 e. The van der Waals surface area contributed by atoms with E-state index in [2.05, 4.69) is 31.6 Å². The number of ether oxygens (including phenoxy) is 1. The fraction of sp³-hybridized carbons (Fsp3) is 0.419. The molecular formula is C31H35ClFN7O2. The molecule has 1 aliphatic carbocycles. The Hall–Kier alpha value is -3.76. The average Bonchev–Trinajstić information content (AvgIpc) is 3.41. The first-order valence-electron chi connectivity index (χ1n) is 14.2. The number of carbonyl (C=O) groups is 1. The van der Waals surface area contributed by atoms with Crippen LogP contribution in [0.1, 0.15) is 32.3 Å². The van der Waals surface area contributed by atoms with Gasteiger partial charge in [0, 0.05) is 66.0 Å². The van der Waals surface area contributed by atoms with Crippen LogP contribution in [0.25, 0.3) is 32.9 Å². The van der Waals surface area contributed by atoms with Crippen LogP contribution in [0.3, 0.4) is 0 Å². The summed E-state index contributed by atoms with van der Waals surface area (Å²) in [5.41, 5.74) is 2.73. The largest absolute Gasteiger partial charge is 0.460 e. The summed E-state index contributed by atoms with van der Waals surface area (Å²) in [7, 11) is 4.10. The van der Waals surface area contributed by atoms with E-state index < -0.39 is 5.82 Å². The van der Waals surface area contributed by atoms with Crippen LogP contribution in [0.4, 0.5) is 10.2 Å². The maximum Gasteiger partial charge on any atom is 0.319 e. The molecule has 0 unspecified atom stereocenters. The monoisotopic (exact) mass is 591 g/mol. The Bertz CT molecular complexity index is 1700. The Labute approximate surface area is 249 Å². The summed E-state index contributed by atoms with van der Waals surface area (Å²) in [4.78, 5) is 28.0. The number of hydrogen-bond donors (Lipinski definition) is 1. The summed E-state index contributed by atoms with van der Waals surface area (Å²) in [6.45, 7) is 10.5. The van der Waals surface area contributed by atoms with Crippen molar-refractivity contribution in [1.29, 1.82) is 0 Å². The second-order valence-corrected chi connectivity index (χ2v) is 12.1. The molecule has 2 aromatic heterocycles. The topological polar surface area (TPSA) is 90.5 Å². The Balaban J connectivity index is 1.50. The van der Waals surface area contributed by atoms with E-state index in [1.807, 2.05) is 47.0 Å². The molecule has 3 heterocycles. The van der Waals surface area contributed by atoms with Gasteiger partial charge < -0.3 is 19.4 Å². The number of fused-ring (bicyclic) bond motifs is 2. The Kier molecular flexibility index (Phi) is 7.31. The molecule has 9 nitrogen and oxygen atoms in total. The number of carbonyl (C=O) groups excluding carboxylic acids is 1. The zero-order valence-electron chi connectivity index (χ0n) is 24.5. The van der Waals surface area contributed by atoms with Gasteiger partial charge in [0.2, 0.25) is 5.91 Å². The van der Waals surface area contributed by atoms with Gasteiger partial charge in [-0.25, -0.2) is 4.39 Å². The molecule has 4 aromatic rings. The van der Waals surface area contributed by atoms with Crippen LogP contribution in [0.2, 0.25) is 5.02 Å². The van der Waals surface area contributed by atoms with Crippen LogP contribution in [0, 0.1) is 12.7 Å². The summed E-state index contributed by atoms with van der Waals surface area (Å²) in [5.74, 6) is -0.119. The van der Waals surface area contributed by atoms with Crippen LogP contribution < -0.4 is 9.64 Å². The molecule has 0 bridgehead atoms. The van der Waals surface area contributed by atoms with Crippen molar-refractivity contribution in [2.75, 3.05) is 32.1 Å². The normalized spacial score (nSPS) is 22.6. The lowest BCUT2D eigenvalue weighted by molar-refractivity contribution is -0.128. The number of rotatable bonds is 6. The van der Waals surface area contributed by atoms with Crippen LogP contribution in [-0.2, 0) is 4.79 Å². The van der Waals surface area contributed by atoms with E-state index in [4.69, 9.17) is 21.3 Å². The number of benzene rings is 2. The minimum absolute atomic E-state index is 0.0575. The van der Waals surface area contributed by atoms with Gasteiger partial charge in [-0.15, -0.1) is 0 Å². The van der Waals surface area contributed by atoms with E-state index >= 15 is 4.39 Å². The second kappa shape index (κ2) is 10.8. The fourth-order valence-corrected chi connectivity index (χ4v) is 6.46. The van der Waals surface area contributed by atoms with Gasteiger partial charge in [0.1, 0.15) is 17.4 Å². The molecular weight excluding hydrogens is 557 g/mol. The number of aromatic amines is 1. The summed E-state index contributed by atoms with van der Waals surface area (Å²) in [5, 5.41) is 8.65. The van der Waals surface area contributed by atoms with Crippen LogP contribution in [0.15, 0.2) is 37.1 Å². The minimum Gasteiger partial charge on any atom is -0.460 e. The van der Waals surface area contributed by atoms with Gasteiger partial charge in [-0.2, -0.15) is 15.1 Å². The SMILES string of the molecule is C=CC(=O)N1C[C@H](C)N(c2nc(OC3CC(N(C)C)C3)nc3c(F)c(-c4c(C)ccc5[nH]ncc45)c(Cl)cc23)C[C@H]1C. The number of amides is 1. The molecule has 2 fully saturated rings. The third-order valence-electron chi connectivity index (χ3n) is 8.71. The first kappa shape index (κ1) is 28.4. The van der Waals surface area contributed by atoms with Gasteiger partial charge in [-0.3, -0.25) is 9.89 Å². The third kappa shape index (κ3) is 4.76. The number of nitrogens with one attached hydrogen (secondary N) is 1. The predicted molar refractivity (Wildman–Crippen MR) is 164 cm³/mol. The first-order chi connectivity index (χ1) is 20.1. The van der Waals surface area contributed by atoms with Crippen LogP contribution >= 0.6 is 11.6 Å². The molecule has 2 aromatic carbocycles. The average molecular weight is 592 g/mol. The number of halogens is 2. The van der Waals surface area contributed by atoms with Crippen molar-refractivity contribution in [1.82, 2.24) is 30.0 Å². The van der Waals surface area contributed by atoms with Crippen LogP contribution in [-0.4, -0.2) is 87.3 Å². The number of anilines is 1. The molecule has 42 heavy (non-hydrogen) atoms. The Morgan fingerprint density at radius 2 is 1.93 bits per heavy atom. The number of H-pyrrole nitrogens is 1. The highest BCUT2D eigenvalue weighted by Gasteiger charge is 2.36. The Morgan fingerprint density at radius 3 is 2.64 bits per heavy atom. The summed E-state index contributed by atoms with van der Waals surface area (Å²) in [6.07, 6.45) is 4.65. The van der Waals surface area contributed by atoms with Crippen molar-refractivity contribution in [2.45, 2.75) is 57.8 Å². The molecule has 0 radical (unpaired) electrons. The first-order valence-corrected chi connectivity index (χ1v) is 14.6. The minimum atomic E-state index is -0.538. The Morgan fingerprint density at radius 1 is 1.17 bits per heavy atom. The lowest BCUT2D eigenvalue weighted by Crippen LogP contribution is -2.58. The number of hydrogen-bond acceptors (Lipinski definition) is 7. The van der Waals surface area contributed by atoms with Crippen molar-refractivity contribution in [2.24, 2.45) is 0 Å². The zero-order chi connectivity index (χ0) is 29.9. The third-order valence-corrected chi connectivity index (χ3v) is 9.01. The maximum absolute atomic E-state index is 16.8. The van der Waals surface area contributed by atoms with Gasteiger partial charge in [0.05, 0.1) is 16.7 Å². The quantitative estimate of drug-likeness (QED) is 0.302. The zero-order valence-corrected chi connectivity index (χ0v) is 25.2. The van der Waals surface area contributed by atoms with Crippen LogP contribution in [0.5, 0.6) is 6.01 Å². The highest BCUT2D eigenvalue weighted by Crippen LogP contribution is 2.43. The number of aromatic nitrogens is 4. The maximum atomic E-state index is 16.8. The lowest BCUT2D eigenvalue weighted by atomic mass is 9.88. The van der Waals surface area contributed by atoms with Crippen molar-refractivity contribution in [3.63, 3.8) is 0 Å². The van der Waals surface area contributed by atoms with Gasteiger partial charge in [0.25, 0.3) is 0 Å². The van der Waals surface area contributed by atoms with Crippen molar-refractivity contribution in [3.05, 3.63) is 53.5 Å². The van der Waals surface area contributed by atoms with Crippen molar-refractivity contribution >= 4 is 45.1 Å². The van der Waals surface area contributed by atoms with E-state index in [0.29, 0.717) is 35.9 Å². The number of nitrogens with zero attached hydrogens (tertiary/aromatic N) is 6. The van der Waals surface area contributed by atoms with Gasteiger partial charge in [-0.05, 0) is 58.6 Å². The standard InChI is InChI=1S/C31H35ClFN7O2/c1-7-25(41)39-14-18(4)40(15-17(39)3)30-21-12-23(32)27(26-16(2)8-9-24-22(26)13-34-37-24)28(33)29(21)35-31(36-30)42-20-10-19(11-20)38(5)6/h7-9,12-13,17-20H,1,10-11,14-15H2,2-6H3,(H,34,37)/t17-,18+,19?,20?/m1/s1. The fourth-order valence-electron chi connectivity index (χ4n) is 6.17. The van der Waals surface area contributed by atoms with E-state index in [-0.39, 0.29) is 46.2 Å². The summed E-state index contributed by atoms with van der Waals surface area (Å²) < 4.78 is 23.0. The van der Waals surface area contributed by atoms with Gasteiger partial charge >= 0.3 is 6.01 Å². The van der Waals surface area contributed by atoms with Crippen molar-refractivity contribution in [3.8, 4) is 17.1 Å². The summed E-state index contributed by atoms with van der Waals surface area (Å²) >= 11 is 6.90. The number of piperazine rings is 1. The second-order valence-electron chi connectivity index (χ2n) is 11.7. The van der Waals surface area contributed by atoms with Gasteiger partial charge in [-0.1, -0.05) is 24.2 Å². The number of aryl methyl sites for hydroxylation is 1. The molecule has 1 saturated heterocycles. The highest BCUT2D eigenvalue weighted by molar-refractivity contribution is 6.35. The molecule has 0 spiro atoms. The molecule has 1 saturated carbocycles. The lowest BCUT2D eigenvalue weighted by Gasteiger charge is -2.44. The summed E-state index contributed by atoms with van der Waals surface area (Å²) in [6, 6.07) is 5.91. The van der Waals surface area contributed by atoms with E-state index in [1.165, 1.54) is 6.08 Å². The predicted octanol–water partition coefficient (Wildman–Crippen LogP) is 5.36.